The Labute approximate surface area is 125 Å². The van der Waals surface area contributed by atoms with Crippen molar-refractivity contribution in [2.45, 2.75) is 32.6 Å². The fraction of sp³-hybridized carbons (Fsp3) is 0.600. The standard InChI is InChI=1S/C15H24ClNO3/c1-11(8-18)12(2)17-7-14(19)10-20-9-13-5-3-4-6-15(13)16/h3-6,11-12,14,17-19H,7-10H2,1-2H3. The molecule has 3 N–H and O–H groups in total. The Morgan fingerprint density at radius 3 is 2.65 bits per heavy atom. The van der Waals surface area contributed by atoms with Crippen LogP contribution < -0.4 is 5.32 Å². The third-order valence-corrected chi connectivity index (χ3v) is 3.71. The van der Waals surface area contributed by atoms with Crippen LogP contribution in [0.5, 0.6) is 0 Å². The van der Waals surface area contributed by atoms with Crippen molar-refractivity contribution in [3.8, 4) is 0 Å². The zero-order valence-corrected chi connectivity index (χ0v) is 12.8. The van der Waals surface area contributed by atoms with Gasteiger partial charge in [-0.3, -0.25) is 0 Å². The first-order valence-electron chi connectivity index (χ1n) is 6.88. The molecule has 0 aromatic heterocycles. The van der Waals surface area contributed by atoms with Crippen molar-refractivity contribution in [2.75, 3.05) is 19.8 Å². The van der Waals surface area contributed by atoms with Gasteiger partial charge in [-0.2, -0.15) is 0 Å². The molecule has 5 heteroatoms. The van der Waals surface area contributed by atoms with Gasteiger partial charge in [0, 0.05) is 24.2 Å². The molecule has 0 aliphatic carbocycles. The summed E-state index contributed by atoms with van der Waals surface area (Å²) in [5.41, 5.74) is 0.914. The number of halogens is 1. The van der Waals surface area contributed by atoms with E-state index in [0.717, 1.165) is 5.56 Å². The zero-order valence-electron chi connectivity index (χ0n) is 12.1. The van der Waals surface area contributed by atoms with Gasteiger partial charge in [-0.1, -0.05) is 36.7 Å². The van der Waals surface area contributed by atoms with Gasteiger partial charge in [-0.25, -0.2) is 0 Å². The van der Waals surface area contributed by atoms with E-state index in [1.165, 1.54) is 0 Å². The number of hydrogen-bond acceptors (Lipinski definition) is 4. The van der Waals surface area contributed by atoms with Crippen LogP contribution in [0.1, 0.15) is 19.4 Å². The maximum atomic E-state index is 9.82. The van der Waals surface area contributed by atoms with Crippen LogP contribution in [0.3, 0.4) is 0 Å². The van der Waals surface area contributed by atoms with Gasteiger partial charge in [0.15, 0.2) is 0 Å². The Morgan fingerprint density at radius 2 is 2.00 bits per heavy atom. The van der Waals surface area contributed by atoms with E-state index < -0.39 is 6.10 Å². The minimum Gasteiger partial charge on any atom is -0.396 e. The van der Waals surface area contributed by atoms with Gasteiger partial charge in [0.1, 0.15) is 0 Å². The van der Waals surface area contributed by atoms with E-state index in [2.05, 4.69) is 5.32 Å². The SMILES string of the molecule is CC(CO)C(C)NCC(O)COCc1ccccc1Cl. The maximum absolute atomic E-state index is 9.82. The topological polar surface area (TPSA) is 61.7 Å². The smallest absolute Gasteiger partial charge is 0.0897 e. The van der Waals surface area contributed by atoms with Gasteiger partial charge in [-0.15, -0.1) is 0 Å². The molecular formula is C15H24ClNO3. The lowest BCUT2D eigenvalue weighted by Crippen LogP contribution is -2.40. The van der Waals surface area contributed by atoms with Crippen LogP contribution in [0.15, 0.2) is 24.3 Å². The monoisotopic (exact) mass is 301 g/mol. The summed E-state index contributed by atoms with van der Waals surface area (Å²) in [6.07, 6.45) is -0.578. The molecule has 1 rings (SSSR count). The predicted octanol–water partition coefficient (Wildman–Crippen LogP) is 1.82. The lowest BCUT2D eigenvalue weighted by molar-refractivity contribution is 0.0265. The van der Waals surface area contributed by atoms with E-state index in [1.807, 2.05) is 38.1 Å². The minimum absolute atomic E-state index is 0.132. The number of hydrogen-bond donors (Lipinski definition) is 3. The molecule has 4 nitrogen and oxygen atoms in total. The summed E-state index contributed by atoms with van der Waals surface area (Å²) in [6, 6.07) is 7.64. The van der Waals surface area contributed by atoms with Crippen molar-refractivity contribution in [2.24, 2.45) is 5.92 Å². The molecule has 0 bridgehead atoms. The molecular weight excluding hydrogens is 278 g/mol. The van der Waals surface area contributed by atoms with Crippen molar-refractivity contribution >= 4 is 11.6 Å². The number of benzene rings is 1. The molecule has 0 heterocycles. The highest BCUT2D eigenvalue weighted by atomic mass is 35.5. The van der Waals surface area contributed by atoms with E-state index in [0.29, 0.717) is 18.2 Å². The first-order chi connectivity index (χ1) is 9.54. The fourth-order valence-electron chi connectivity index (χ4n) is 1.66. The first-order valence-corrected chi connectivity index (χ1v) is 7.25. The molecule has 1 aromatic rings. The molecule has 1 aromatic carbocycles. The van der Waals surface area contributed by atoms with E-state index in [4.69, 9.17) is 21.4 Å². The molecule has 0 radical (unpaired) electrons. The van der Waals surface area contributed by atoms with Crippen LogP contribution >= 0.6 is 11.6 Å². The van der Waals surface area contributed by atoms with E-state index in [-0.39, 0.29) is 25.2 Å². The molecule has 0 aliphatic rings. The van der Waals surface area contributed by atoms with Gasteiger partial charge >= 0.3 is 0 Å². The lowest BCUT2D eigenvalue weighted by atomic mass is 10.1. The van der Waals surface area contributed by atoms with Gasteiger partial charge in [-0.05, 0) is 24.5 Å². The van der Waals surface area contributed by atoms with Gasteiger partial charge in [0.05, 0.1) is 19.3 Å². The molecule has 20 heavy (non-hydrogen) atoms. The summed E-state index contributed by atoms with van der Waals surface area (Å²) in [7, 11) is 0. The second-order valence-electron chi connectivity index (χ2n) is 5.12. The number of aliphatic hydroxyl groups is 2. The highest BCUT2D eigenvalue weighted by molar-refractivity contribution is 6.31. The van der Waals surface area contributed by atoms with Crippen molar-refractivity contribution in [3.05, 3.63) is 34.9 Å². The summed E-state index contributed by atoms with van der Waals surface area (Å²) in [5, 5.41) is 22.7. The fourth-order valence-corrected chi connectivity index (χ4v) is 1.85. The highest BCUT2D eigenvalue weighted by Crippen LogP contribution is 2.15. The maximum Gasteiger partial charge on any atom is 0.0897 e. The Balaban J connectivity index is 2.20. The largest absolute Gasteiger partial charge is 0.396 e. The van der Waals surface area contributed by atoms with Crippen molar-refractivity contribution in [3.63, 3.8) is 0 Å². The predicted molar refractivity (Wildman–Crippen MR) is 80.8 cm³/mol. The van der Waals surface area contributed by atoms with E-state index in [1.54, 1.807) is 0 Å². The van der Waals surface area contributed by atoms with Crippen LogP contribution in [0.4, 0.5) is 0 Å². The quantitative estimate of drug-likeness (QED) is 0.651. The normalized spacial score (nSPS) is 15.8. The van der Waals surface area contributed by atoms with Gasteiger partial charge in [0.25, 0.3) is 0 Å². The summed E-state index contributed by atoms with van der Waals surface area (Å²) < 4.78 is 5.46. The van der Waals surface area contributed by atoms with Crippen LogP contribution in [0.2, 0.25) is 5.02 Å². The molecule has 3 unspecified atom stereocenters. The van der Waals surface area contributed by atoms with Crippen molar-refractivity contribution in [1.82, 2.24) is 5.32 Å². The summed E-state index contributed by atoms with van der Waals surface area (Å²) in [4.78, 5) is 0. The van der Waals surface area contributed by atoms with Crippen molar-refractivity contribution < 1.29 is 14.9 Å². The first kappa shape index (κ1) is 17.4. The van der Waals surface area contributed by atoms with Crippen LogP contribution in [-0.4, -0.2) is 42.1 Å². The Hall–Kier alpha value is -0.650. The average molecular weight is 302 g/mol. The second kappa shape index (κ2) is 9.32. The highest BCUT2D eigenvalue weighted by Gasteiger charge is 2.12. The van der Waals surface area contributed by atoms with Crippen LogP contribution in [0, 0.1) is 5.92 Å². The van der Waals surface area contributed by atoms with E-state index >= 15 is 0 Å². The number of rotatable bonds is 9. The molecule has 0 aliphatic heterocycles. The number of nitrogens with one attached hydrogen (secondary N) is 1. The number of ether oxygens (including phenoxy) is 1. The Bertz CT molecular complexity index is 389. The number of aliphatic hydroxyl groups excluding tert-OH is 2. The molecule has 0 amide bonds. The molecule has 114 valence electrons. The van der Waals surface area contributed by atoms with Gasteiger partial charge < -0.3 is 20.3 Å². The average Bonchev–Trinajstić information content (AvgIpc) is 2.45. The molecule has 0 spiro atoms. The molecule has 0 fully saturated rings. The summed E-state index contributed by atoms with van der Waals surface area (Å²) in [5.74, 6) is 0.159. The van der Waals surface area contributed by atoms with Crippen LogP contribution in [0.25, 0.3) is 0 Å². The minimum atomic E-state index is -0.578. The lowest BCUT2D eigenvalue weighted by Gasteiger charge is -2.21. The molecule has 0 saturated heterocycles. The van der Waals surface area contributed by atoms with Crippen molar-refractivity contribution in [1.29, 1.82) is 0 Å². The zero-order chi connectivity index (χ0) is 15.0. The Kier molecular flexibility index (Phi) is 8.11. The molecule has 3 atom stereocenters. The van der Waals surface area contributed by atoms with Gasteiger partial charge in [0.2, 0.25) is 0 Å². The Morgan fingerprint density at radius 1 is 1.30 bits per heavy atom. The third-order valence-electron chi connectivity index (χ3n) is 3.34. The summed E-state index contributed by atoms with van der Waals surface area (Å²) in [6.45, 7) is 5.15. The third kappa shape index (κ3) is 6.20. The molecule has 0 saturated carbocycles. The summed E-state index contributed by atoms with van der Waals surface area (Å²) >= 11 is 6.01. The van der Waals surface area contributed by atoms with Crippen LogP contribution in [-0.2, 0) is 11.3 Å². The van der Waals surface area contributed by atoms with E-state index in [9.17, 15) is 5.11 Å². The second-order valence-corrected chi connectivity index (χ2v) is 5.52.